The van der Waals surface area contributed by atoms with Crippen molar-refractivity contribution in [1.29, 1.82) is 0 Å². The van der Waals surface area contributed by atoms with Crippen molar-refractivity contribution < 1.29 is 4.39 Å². The number of anilines is 1. The average molecular weight is 453 g/mol. The van der Waals surface area contributed by atoms with Crippen LogP contribution in [0.5, 0.6) is 0 Å². The molecule has 4 heterocycles. The van der Waals surface area contributed by atoms with Gasteiger partial charge in [0.25, 0.3) is 0 Å². The van der Waals surface area contributed by atoms with Crippen LogP contribution in [0.15, 0.2) is 30.3 Å². The predicted octanol–water partition coefficient (Wildman–Crippen LogP) is 5.35. The van der Waals surface area contributed by atoms with Gasteiger partial charge >= 0.3 is 0 Å². The maximum Gasteiger partial charge on any atom is 0.159 e. The van der Waals surface area contributed by atoms with E-state index in [1.807, 2.05) is 6.07 Å². The molecule has 6 rings (SSSR count). The van der Waals surface area contributed by atoms with Gasteiger partial charge in [0.2, 0.25) is 0 Å². The van der Waals surface area contributed by atoms with Gasteiger partial charge in [0.05, 0.1) is 21.6 Å². The highest BCUT2D eigenvalue weighted by Gasteiger charge is 2.26. The Morgan fingerprint density at radius 2 is 1.78 bits per heavy atom. The number of nitrogens with one attached hydrogen (secondary N) is 2. The van der Waals surface area contributed by atoms with E-state index in [4.69, 9.17) is 16.6 Å². The van der Waals surface area contributed by atoms with Gasteiger partial charge in [-0.25, -0.2) is 9.37 Å². The Hall–Kier alpha value is -2.64. The number of aromatic nitrogens is 4. The van der Waals surface area contributed by atoms with E-state index in [1.54, 1.807) is 6.07 Å². The smallest absolute Gasteiger partial charge is 0.159 e. The molecule has 0 radical (unpaired) electrons. The van der Waals surface area contributed by atoms with Crippen LogP contribution in [0.1, 0.15) is 32.1 Å². The number of halogens is 2. The topological polar surface area (TPSA) is 63.8 Å². The summed E-state index contributed by atoms with van der Waals surface area (Å²) in [7, 11) is 0. The number of hydrogen-bond acceptors (Lipinski definition) is 4. The minimum atomic E-state index is -0.465. The largest absolute Gasteiger partial charge is 0.371 e. The lowest BCUT2D eigenvalue weighted by Crippen LogP contribution is -2.46. The Morgan fingerprint density at radius 1 is 0.969 bits per heavy atom. The average Bonchev–Trinajstić information content (AvgIpc) is 3.43. The fourth-order valence-electron chi connectivity index (χ4n) is 5.27. The van der Waals surface area contributed by atoms with Crippen LogP contribution in [-0.2, 0) is 0 Å². The maximum atomic E-state index is 14.0. The first kappa shape index (κ1) is 20.0. The van der Waals surface area contributed by atoms with Crippen molar-refractivity contribution in [2.24, 2.45) is 0 Å². The number of piperidine rings is 2. The Morgan fingerprint density at radius 3 is 2.59 bits per heavy atom. The first-order valence-corrected chi connectivity index (χ1v) is 11.9. The van der Waals surface area contributed by atoms with E-state index >= 15 is 0 Å². The van der Waals surface area contributed by atoms with E-state index in [0.717, 1.165) is 30.2 Å². The monoisotopic (exact) mass is 452 g/mol. The summed E-state index contributed by atoms with van der Waals surface area (Å²) in [5.41, 5.74) is 4.33. The van der Waals surface area contributed by atoms with E-state index in [2.05, 4.69) is 37.1 Å². The van der Waals surface area contributed by atoms with Gasteiger partial charge in [-0.1, -0.05) is 18.0 Å². The molecule has 166 valence electrons. The molecule has 0 aliphatic carbocycles. The van der Waals surface area contributed by atoms with Crippen molar-refractivity contribution in [3.8, 4) is 11.5 Å². The van der Waals surface area contributed by atoms with E-state index in [0.29, 0.717) is 22.4 Å². The van der Waals surface area contributed by atoms with Crippen molar-refractivity contribution in [3.63, 3.8) is 0 Å². The van der Waals surface area contributed by atoms with Gasteiger partial charge in [0, 0.05) is 30.2 Å². The zero-order valence-electron chi connectivity index (χ0n) is 17.9. The molecular formula is C24H26ClFN6. The zero-order chi connectivity index (χ0) is 21.7. The number of aromatic amines is 2. The third kappa shape index (κ3) is 3.53. The molecule has 2 aliphatic heterocycles. The standard InChI is InChI=1S/C24H26ClFN6/c25-18-14-21-17(13-19(18)26)23(30-29-21)24-27-20-5-4-16(12-22(20)28-24)32-10-6-15(7-11-32)31-8-2-1-3-9-31/h4-5,12-15H,1-3,6-11H2,(H,27,28)(H,29,30). The van der Waals surface area contributed by atoms with Crippen LogP contribution in [0, 0.1) is 5.82 Å². The van der Waals surface area contributed by atoms with Crippen LogP contribution >= 0.6 is 11.6 Å². The van der Waals surface area contributed by atoms with Crippen LogP contribution < -0.4 is 4.90 Å². The van der Waals surface area contributed by atoms with E-state index in [9.17, 15) is 4.39 Å². The van der Waals surface area contributed by atoms with Gasteiger partial charge in [-0.05, 0) is 69.1 Å². The molecule has 2 fully saturated rings. The molecule has 8 heteroatoms. The van der Waals surface area contributed by atoms with Gasteiger partial charge < -0.3 is 14.8 Å². The molecule has 2 N–H and O–H groups in total. The normalized spacial score (nSPS) is 18.8. The molecule has 0 atom stereocenters. The number of rotatable bonds is 3. The summed E-state index contributed by atoms with van der Waals surface area (Å²) in [5, 5.41) is 8.00. The van der Waals surface area contributed by atoms with Crippen LogP contribution in [0.2, 0.25) is 5.02 Å². The van der Waals surface area contributed by atoms with Gasteiger partial charge in [0.15, 0.2) is 5.82 Å². The summed E-state index contributed by atoms with van der Waals surface area (Å²) in [6.07, 6.45) is 6.53. The van der Waals surface area contributed by atoms with Crippen LogP contribution in [0.4, 0.5) is 10.1 Å². The summed E-state index contributed by atoms with van der Waals surface area (Å²) < 4.78 is 14.0. The summed E-state index contributed by atoms with van der Waals surface area (Å²) in [5.74, 6) is 0.155. The van der Waals surface area contributed by atoms with Crippen molar-refractivity contribution in [2.45, 2.75) is 38.1 Å². The number of hydrogen-bond donors (Lipinski definition) is 2. The van der Waals surface area contributed by atoms with E-state index in [1.165, 1.54) is 56.9 Å². The Labute approximate surface area is 190 Å². The molecule has 0 saturated carbocycles. The molecule has 4 aromatic rings. The predicted molar refractivity (Wildman–Crippen MR) is 127 cm³/mol. The molecular weight excluding hydrogens is 427 g/mol. The molecule has 2 aromatic heterocycles. The van der Waals surface area contributed by atoms with Crippen molar-refractivity contribution >= 4 is 39.2 Å². The zero-order valence-corrected chi connectivity index (χ0v) is 18.6. The molecule has 2 aromatic carbocycles. The number of nitrogens with zero attached hydrogens (tertiary/aromatic N) is 4. The van der Waals surface area contributed by atoms with E-state index < -0.39 is 5.82 Å². The molecule has 0 bridgehead atoms. The number of likely N-dealkylation sites (tertiary alicyclic amines) is 1. The van der Waals surface area contributed by atoms with Crippen LogP contribution in [-0.4, -0.2) is 57.3 Å². The van der Waals surface area contributed by atoms with Crippen molar-refractivity contribution in [1.82, 2.24) is 25.1 Å². The second kappa shape index (κ2) is 8.05. The van der Waals surface area contributed by atoms with Gasteiger partial charge in [-0.2, -0.15) is 5.10 Å². The number of imidazole rings is 1. The highest BCUT2D eigenvalue weighted by molar-refractivity contribution is 6.31. The highest BCUT2D eigenvalue weighted by atomic mass is 35.5. The molecule has 2 saturated heterocycles. The van der Waals surface area contributed by atoms with Gasteiger partial charge in [-0.3, -0.25) is 5.10 Å². The number of fused-ring (bicyclic) bond motifs is 2. The summed E-state index contributed by atoms with van der Waals surface area (Å²) >= 11 is 5.90. The lowest BCUT2D eigenvalue weighted by molar-refractivity contribution is 0.141. The highest BCUT2D eigenvalue weighted by Crippen LogP contribution is 2.31. The maximum absolute atomic E-state index is 14.0. The number of H-pyrrole nitrogens is 2. The Balaban J connectivity index is 1.24. The Kier molecular flexibility index (Phi) is 5.03. The molecule has 32 heavy (non-hydrogen) atoms. The summed E-state index contributed by atoms with van der Waals surface area (Å²) in [6, 6.07) is 10.1. The lowest BCUT2D eigenvalue weighted by atomic mass is 9.99. The SMILES string of the molecule is Fc1cc2c(-c3nc4ccc(N5CCC(N6CCCCC6)CC5)cc4[nH]3)n[nH]c2cc1Cl. The fourth-order valence-corrected chi connectivity index (χ4v) is 5.43. The fraction of sp³-hybridized carbons (Fsp3) is 0.417. The third-order valence-electron chi connectivity index (χ3n) is 7.03. The number of benzene rings is 2. The molecule has 0 amide bonds. The molecule has 2 aliphatic rings. The summed E-state index contributed by atoms with van der Waals surface area (Å²) in [6.45, 7) is 4.70. The first-order valence-electron chi connectivity index (χ1n) is 11.5. The second-order valence-corrected chi connectivity index (χ2v) is 9.39. The van der Waals surface area contributed by atoms with Crippen molar-refractivity contribution in [3.05, 3.63) is 41.2 Å². The van der Waals surface area contributed by atoms with Gasteiger partial charge in [0.1, 0.15) is 11.5 Å². The lowest BCUT2D eigenvalue weighted by Gasteiger charge is -2.41. The third-order valence-corrected chi connectivity index (χ3v) is 7.32. The quantitative estimate of drug-likeness (QED) is 0.439. The van der Waals surface area contributed by atoms with Crippen molar-refractivity contribution in [2.75, 3.05) is 31.1 Å². The first-order chi connectivity index (χ1) is 15.7. The van der Waals surface area contributed by atoms with Crippen LogP contribution in [0.25, 0.3) is 33.5 Å². The Bertz CT molecular complexity index is 1270. The summed E-state index contributed by atoms with van der Waals surface area (Å²) in [4.78, 5) is 13.3. The minimum Gasteiger partial charge on any atom is -0.371 e. The van der Waals surface area contributed by atoms with E-state index in [-0.39, 0.29) is 5.02 Å². The molecule has 6 nitrogen and oxygen atoms in total. The minimum absolute atomic E-state index is 0.0750. The second-order valence-electron chi connectivity index (χ2n) is 8.99. The van der Waals surface area contributed by atoms with Gasteiger partial charge in [-0.15, -0.1) is 0 Å². The molecule has 0 unspecified atom stereocenters. The molecule has 0 spiro atoms. The van der Waals surface area contributed by atoms with Crippen LogP contribution in [0.3, 0.4) is 0 Å².